The zero-order chi connectivity index (χ0) is 12.3. The first kappa shape index (κ1) is 12.1. The summed E-state index contributed by atoms with van der Waals surface area (Å²) in [6.07, 6.45) is 0.936. The van der Waals surface area contributed by atoms with E-state index in [0.29, 0.717) is 11.0 Å². The summed E-state index contributed by atoms with van der Waals surface area (Å²) in [5, 5.41) is 7.81. The van der Waals surface area contributed by atoms with Crippen LogP contribution in [0, 0.1) is 0 Å². The summed E-state index contributed by atoms with van der Waals surface area (Å²) in [6, 6.07) is 4.04. The first-order valence-corrected chi connectivity index (χ1v) is 6.53. The highest BCUT2D eigenvalue weighted by Crippen LogP contribution is 2.15. The van der Waals surface area contributed by atoms with Crippen molar-refractivity contribution in [1.29, 1.82) is 0 Å². The van der Waals surface area contributed by atoms with E-state index in [2.05, 4.69) is 39.0 Å². The highest BCUT2D eigenvalue weighted by atomic mass is 35.5. The van der Waals surface area contributed by atoms with Crippen LogP contribution in [0.15, 0.2) is 22.9 Å². The van der Waals surface area contributed by atoms with Gasteiger partial charge in [0.2, 0.25) is 5.95 Å². The van der Waals surface area contributed by atoms with Crippen LogP contribution in [0.3, 0.4) is 0 Å². The molecule has 0 bridgehead atoms. The normalized spacial score (nSPS) is 12.4. The molecule has 0 saturated carbocycles. The van der Waals surface area contributed by atoms with Crippen LogP contribution in [-0.4, -0.2) is 16.0 Å². The summed E-state index contributed by atoms with van der Waals surface area (Å²) in [7, 11) is 0. The van der Waals surface area contributed by atoms with Gasteiger partial charge in [-0.2, -0.15) is 16.3 Å². The molecule has 90 valence electrons. The fourth-order valence-electron chi connectivity index (χ4n) is 1.57. The number of hydrogen-bond donors (Lipinski definition) is 2. The van der Waals surface area contributed by atoms with Crippen LogP contribution in [-0.2, 0) is 6.42 Å². The third kappa shape index (κ3) is 3.57. The minimum Gasteiger partial charge on any atom is -0.368 e. The third-order valence-corrected chi connectivity index (χ3v) is 3.15. The second-order valence-electron chi connectivity index (χ2n) is 3.82. The molecular formula is C11H13ClN4S. The van der Waals surface area contributed by atoms with E-state index in [0.717, 1.165) is 6.42 Å². The molecule has 17 heavy (non-hydrogen) atoms. The lowest BCUT2D eigenvalue weighted by atomic mass is 10.1. The highest BCUT2D eigenvalue weighted by Gasteiger charge is 2.06. The van der Waals surface area contributed by atoms with Gasteiger partial charge in [0.25, 0.3) is 0 Å². The van der Waals surface area contributed by atoms with E-state index >= 15 is 0 Å². The van der Waals surface area contributed by atoms with Gasteiger partial charge in [-0.05, 0) is 35.7 Å². The number of halogens is 1. The Morgan fingerprint density at radius 3 is 3.00 bits per heavy atom. The molecule has 0 spiro atoms. The Bertz CT molecular complexity index is 466. The predicted octanol–water partition coefficient (Wildman–Crippen LogP) is 2.82. The Kier molecular flexibility index (Phi) is 3.81. The maximum atomic E-state index is 5.81. The van der Waals surface area contributed by atoms with Gasteiger partial charge in [-0.15, -0.1) is 0 Å². The molecule has 2 rings (SSSR count). The molecule has 1 unspecified atom stereocenters. The molecule has 3 N–H and O–H groups in total. The Hall–Kier alpha value is -1.33. The minimum absolute atomic E-state index is 0.183. The molecule has 2 heterocycles. The van der Waals surface area contributed by atoms with Crippen molar-refractivity contribution in [1.82, 2.24) is 9.97 Å². The molecule has 0 amide bonds. The van der Waals surface area contributed by atoms with Crippen molar-refractivity contribution in [2.75, 3.05) is 11.1 Å². The number of aromatic nitrogens is 2. The number of anilines is 2. The minimum atomic E-state index is 0.183. The molecular weight excluding hydrogens is 256 g/mol. The van der Waals surface area contributed by atoms with Crippen LogP contribution >= 0.6 is 22.9 Å². The smallest absolute Gasteiger partial charge is 0.223 e. The van der Waals surface area contributed by atoms with Crippen molar-refractivity contribution in [3.8, 4) is 0 Å². The van der Waals surface area contributed by atoms with Crippen LogP contribution in [0.5, 0.6) is 0 Å². The van der Waals surface area contributed by atoms with E-state index in [4.69, 9.17) is 17.3 Å². The molecule has 1 atom stereocenters. The molecule has 0 aliphatic carbocycles. The van der Waals surface area contributed by atoms with E-state index in [1.807, 2.05) is 0 Å². The van der Waals surface area contributed by atoms with Crippen LogP contribution in [0.1, 0.15) is 12.5 Å². The maximum Gasteiger partial charge on any atom is 0.223 e. The quantitative estimate of drug-likeness (QED) is 0.837. The van der Waals surface area contributed by atoms with Gasteiger partial charge in [0.15, 0.2) is 0 Å². The molecule has 0 aliphatic heterocycles. The first-order valence-electron chi connectivity index (χ1n) is 5.21. The lowest BCUT2D eigenvalue weighted by Crippen LogP contribution is -2.19. The van der Waals surface area contributed by atoms with Crippen LogP contribution in [0.4, 0.5) is 11.8 Å². The number of nitrogens with two attached hydrogens (primary N) is 1. The van der Waals surface area contributed by atoms with Gasteiger partial charge < -0.3 is 11.1 Å². The van der Waals surface area contributed by atoms with E-state index in [1.54, 1.807) is 17.4 Å². The van der Waals surface area contributed by atoms with E-state index in [-0.39, 0.29) is 12.0 Å². The number of rotatable bonds is 4. The average molecular weight is 269 g/mol. The van der Waals surface area contributed by atoms with E-state index in [9.17, 15) is 0 Å². The Morgan fingerprint density at radius 1 is 1.53 bits per heavy atom. The van der Waals surface area contributed by atoms with Gasteiger partial charge in [0.1, 0.15) is 11.0 Å². The van der Waals surface area contributed by atoms with Gasteiger partial charge >= 0.3 is 0 Å². The number of nitrogens with one attached hydrogen (secondary N) is 1. The highest BCUT2D eigenvalue weighted by molar-refractivity contribution is 7.07. The number of hydrogen-bond acceptors (Lipinski definition) is 5. The molecule has 0 aliphatic rings. The number of nitrogen functional groups attached to an aromatic ring is 1. The van der Waals surface area contributed by atoms with Gasteiger partial charge in [-0.25, -0.2) is 4.98 Å². The second kappa shape index (κ2) is 5.33. The second-order valence-corrected chi connectivity index (χ2v) is 4.98. The van der Waals surface area contributed by atoms with Crippen LogP contribution < -0.4 is 11.1 Å². The summed E-state index contributed by atoms with van der Waals surface area (Å²) in [4.78, 5) is 7.89. The van der Waals surface area contributed by atoms with Crippen molar-refractivity contribution in [2.24, 2.45) is 0 Å². The number of thiophene rings is 1. The number of nitrogens with zero attached hydrogens (tertiary/aromatic N) is 2. The zero-order valence-electron chi connectivity index (χ0n) is 9.35. The van der Waals surface area contributed by atoms with E-state index in [1.165, 1.54) is 5.56 Å². The summed E-state index contributed by atoms with van der Waals surface area (Å²) in [5.41, 5.74) is 6.83. The summed E-state index contributed by atoms with van der Waals surface area (Å²) < 4.78 is 0. The fourth-order valence-corrected chi connectivity index (χ4v) is 2.45. The van der Waals surface area contributed by atoms with Crippen molar-refractivity contribution >= 4 is 34.7 Å². The molecule has 2 aromatic rings. The van der Waals surface area contributed by atoms with Crippen molar-refractivity contribution < 1.29 is 0 Å². The molecule has 0 fully saturated rings. The Labute approximate surface area is 109 Å². The molecule has 2 aromatic heterocycles. The molecule has 4 nitrogen and oxygen atoms in total. The Balaban J connectivity index is 2.00. The van der Waals surface area contributed by atoms with Crippen molar-refractivity contribution in [3.05, 3.63) is 33.6 Å². The molecule has 0 radical (unpaired) electrons. The SMILES string of the molecule is CC(Cc1ccsc1)Nc1cc(Cl)nc(N)n1. The predicted molar refractivity (Wildman–Crippen MR) is 72.6 cm³/mol. The van der Waals surface area contributed by atoms with Crippen molar-refractivity contribution in [2.45, 2.75) is 19.4 Å². The summed E-state index contributed by atoms with van der Waals surface area (Å²) in [6.45, 7) is 2.09. The topological polar surface area (TPSA) is 63.8 Å². The zero-order valence-corrected chi connectivity index (χ0v) is 10.9. The van der Waals surface area contributed by atoms with Gasteiger partial charge in [-0.1, -0.05) is 11.6 Å². The van der Waals surface area contributed by atoms with Gasteiger partial charge in [0.05, 0.1) is 0 Å². The van der Waals surface area contributed by atoms with Crippen LogP contribution in [0.25, 0.3) is 0 Å². The standard InChI is InChI=1S/C11H13ClN4S/c1-7(4-8-2-3-17-6-8)14-10-5-9(12)15-11(13)16-10/h2-3,5-7H,4H2,1H3,(H3,13,14,15,16). The summed E-state index contributed by atoms with van der Waals surface area (Å²) >= 11 is 7.51. The first-order chi connectivity index (χ1) is 8.13. The van der Waals surface area contributed by atoms with Gasteiger partial charge in [0, 0.05) is 12.1 Å². The van der Waals surface area contributed by atoms with Gasteiger partial charge in [-0.3, -0.25) is 0 Å². The lowest BCUT2D eigenvalue weighted by Gasteiger charge is -2.13. The van der Waals surface area contributed by atoms with Crippen LogP contribution in [0.2, 0.25) is 5.15 Å². The largest absolute Gasteiger partial charge is 0.368 e. The third-order valence-electron chi connectivity index (χ3n) is 2.23. The Morgan fingerprint density at radius 2 is 2.35 bits per heavy atom. The van der Waals surface area contributed by atoms with E-state index < -0.39 is 0 Å². The summed E-state index contributed by atoms with van der Waals surface area (Å²) in [5.74, 6) is 0.841. The lowest BCUT2D eigenvalue weighted by molar-refractivity contribution is 0.786. The molecule has 6 heteroatoms. The molecule has 0 saturated heterocycles. The monoisotopic (exact) mass is 268 g/mol. The molecule has 0 aromatic carbocycles. The van der Waals surface area contributed by atoms with Crippen molar-refractivity contribution in [3.63, 3.8) is 0 Å². The maximum absolute atomic E-state index is 5.81. The average Bonchev–Trinajstić information content (AvgIpc) is 2.67. The fraction of sp³-hybridized carbons (Fsp3) is 0.273.